The highest BCUT2D eigenvalue weighted by Gasteiger charge is 2.34. The first-order chi connectivity index (χ1) is 12.5. The number of carbonyl (C=O) groups is 2. The molecule has 0 aliphatic carbocycles. The van der Waals surface area contributed by atoms with Crippen molar-refractivity contribution in [1.82, 2.24) is 14.7 Å². The summed E-state index contributed by atoms with van der Waals surface area (Å²) in [6, 6.07) is 12.7. The van der Waals surface area contributed by atoms with Crippen LogP contribution in [-0.4, -0.2) is 44.3 Å². The predicted octanol–water partition coefficient (Wildman–Crippen LogP) is 2.93. The van der Waals surface area contributed by atoms with E-state index in [1.165, 1.54) is 4.90 Å². The zero-order chi connectivity index (χ0) is 18.3. The van der Waals surface area contributed by atoms with Crippen molar-refractivity contribution in [3.8, 4) is 11.1 Å². The second-order valence-corrected chi connectivity index (χ2v) is 6.65. The molecule has 0 saturated carbocycles. The standard InChI is InChI=1S/C20H19N3O3/c1-22-12-16-9-8-15(11-17(16)21-22)13-4-6-14(7-5-13)19(24)23-10-2-3-18(23)20(25)26/h4-9,11-12,18H,2-3,10H2,1H3,(H,25,26). The summed E-state index contributed by atoms with van der Waals surface area (Å²) in [5.41, 5.74) is 3.46. The lowest BCUT2D eigenvalue weighted by Crippen LogP contribution is -2.40. The lowest BCUT2D eigenvalue weighted by Gasteiger charge is -2.21. The van der Waals surface area contributed by atoms with E-state index in [0.717, 1.165) is 28.5 Å². The normalized spacial score (nSPS) is 17.0. The molecule has 1 saturated heterocycles. The zero-order valence-electron chi connectivity index (χ0n) is 14.4. The van der Waals surface area contributed by atoms with E-state index >= 15 is 0 Å². The van der Waals surface area contributed by atoms with Crippen LogP contribution < -0.4 is 0 Å². The van der Waals surface area contributed by atoms with Crippen molar-refractivity contribution in [2.24, 2.45) is 7.05 Å². The largest absolute Gasteiger partial charge is 0.480 e. The first-order valence-electron chi connectivity index (χ1n) is 8.60. The Morgan fingerprint density at radius 1 is 1.12 bits per heavy atom. The first-order valence-corrected chi connectivity index (χ1v) is 8.60. The Bertz CT molecular complexity index is 991. The fourth-order valence-electron chi connectivity index (χ4n) is 3.56. The van der Waals surface area contributed by atoms with Crippen LogP contribution in [0.15, 0.2) is 48.7 Å². The van der Waals surface area contributed by atoms with Gasteiger partial charge >= 0.3 is 5.97 Å². The lowest BCUT2D eigenvalue weighted by molar-refractivity contribution is -0.141. The fourth-order valence-corrected chi connectivity index (χ4v) is 3.56. The third-order valence-electron chi connectivity index (χ3n) is 4.89. The number of hydrogen-bond donors (Lipinski definition) is 1. The molecule has 1 aliphatic heterocycles. The molecular formula is C20H19N3O3. The van der Waals surface area contributed by atoms with Crippen LogP contribution in [0.1, 0.15) is 23.2 Å². The van der Waals surface area contributed by atoms with E-state index in [1.54, 1.807) is 16.8 Å². The number of carbonyl (C=O) groups excluding carboxylic acids is 1. The molecule has 3 aromatic rings. The molecule has 2 aromatic carbocycles. The van der Waals surface area contributed by atoms with Crippen molar-refractivity contribution < 1.29 is 14.7 Å². The summed E-state index contributed by atoms with van der Waals surface area (Å²) in [4.78, 5) is 25.4. The van der Waals surface area contributed by atoms with Gasteiger partial charge in [-0.1, -0.05) is 24.3 Å². The third-order valence-corrected chi connectivity index (χ3v) is 4.89. The number of fused-ring (bicyclic) bond motifs is 1. The topological polar surface area (TPSA) is 75.4 Å². The van der Waals surface area contributed by atoms with Gasteiger partial charge < -0.3 is 10.0 Å². The molecule has 1 aromatic heterocycles. The van der Waals surface area contributed by atoms with E-state index < -0.39 is 12.0 Å². The maximum atomic E-state index is 12.6. The molecule has 1 unspecified atom stereocenters. The Morgan fingerprint density at radius 2 is 1.85 bits per heavy atom. The van der Waals surface area contributed by atoms with Crippen molar-refractivity contribution in [1.29, 1.82) is 0 Å². The molecule has 1 N–H and O–H groups in total. The number of aryl methyl sites for hydroxylation is 1. The highest BCUT2D eigenvalue weighted by Crippen LogP contribution is 2.25. The SMILES string of the molecule is Cn1cc2ccc(-c3ccc(C(=O)N4CCCC4C(=O)O)cc3)cc2n1. The van der Waals surface area contributed by atoms with Crippen molar-refractivity contribution in [3.63, 3.8) is 0 Å². The molecule has 0 bridgehead atoms. The molecule has 26 heavy (non-hydrogen) atoms. The average Bonchev–Trinajstić information content (AvgIpc) is 3.26. The molecule has 1 fully saturated rings. The van der Waals surface area contributed by atoms with Gasteiger partial charge in [0.2, 0.25) is 0 Å². The van der Waals surface area contributed by atoms with Crippen LogP contribution in [-0.2, 0) is 11.8 Å². The summed E-state index contributed by atoms with van der Waals surface area (Å²) in [5.74, 6) is -1.15. The van der Waals surface area contributed by atoms with Gasteiger partial charge in [-0.15, -0.1) is 0 Å². The number of nitrogens with zero attached hydrogens (tertiary/aromatic N) is 3. The molecular weight excluding hydrogens is 330 g/mol. The monoisotopic (exact) mass is 349 g/mol. The minimum atomic E-state index is -0.934. The third kappa shape index (κ3) is 2.83. The summed E-state index contributed by atoms with van der Waals surface area (Å²) in [6.07, 6.45) is 3.21. The van der Waals surface area contributed by atoms with Gasteiger partial charge in [0.25, 0.3) is 5.91 Å². The Labute approximate surface area is 150 Å². The van der Waals surface area contributed by atoms with Crippen molar-refractivity contribution in [3.05, 3.63) is 54.2 Å². The van der Waals surface area contributed by atoms with Gasteiger partial charge in [-0.05, 0) is 42.2 Å². The molecule has 4 rings (SSSR count). The summed E-state index contributed by atoms with van der Waals surface area (Å²) in [6.45, 7) is 0.494. The molecule has 6 heteroatoms. The smallest absolute Gasteiger partial charge is 0.326 e. The number of benzene rings is 2. The molecule has 1 aliphatic rings. The van der Waals surface area contributed by atoms with Crippen LogP contribution in [0.5, 0.6) is 0 Å². The van der Waals surface area contributed by atoms with Crippen LogP contribution in [0, 0.1) is 0 Å². The number of aromatic nitrogens is 2. The van der Waals surface area contributed by atoms with Crippen LogP contribution >= 0.6 is 0 Å². The Morgan fingerprint density at radius 3 is 2.58 bits per heavy atom. The Kier molecular flexibility index (Phi) is 3.95. The van der Waals surface area contributed by atoms with Gasteiger partial charge in [0.15, 0.2) is 0 Å². The van der Waals surface area contributed by atoms with E-state index in [-0.39, 0.29) is 5.91 Å². The fraction of sp³-hybridized carbons (Fsp3) is 0.250. The molecule has 6 nitrogen and oxygen atoms in total. The number of aliphatic carboxylic acids is 1. The number of carboxylic acid groups (broad SMARTS) is 1. The Balaban J connectivity index is 1.59. The molecule has 0 spiro atoms. The second-order valence-electron chi connectivity index (χ2n) is 6.65. The quantitative estimate of drug-likeness (QED) is 0.789. The second kappa shape index (κ2) is 6.29. The van der Waals surface area contributed by atoms with Gasteiger partial charge in [-0.3, -0.25) is 9.48 Å². The number of amides is 1. The van der Waals surface area contributed by atoms with Crippen molar-refractivity contribution in [2.75, 3.05) is 6.54 Å². The number of hydrogen-bond acceptors (Lipinski definition) is 3. The molecule has 1 amide bonds. The summed E-state index contributed by atoms with van der Waals surface area (Å²) in [7, 11) is 1.89. The molecule has 1 atom stereocenters. The van der Waals surface area contributed by atoms with Crippen LogP contribution in [0.3, 0.4) is 0 Å². The van der Waals surface area contributed by atoms with E-state index in [9.17, 15) is 14.7 Å². The van der Waals surface area contributed by atoms with E-state index in [2.05, 4.69) is 5.10 Å². The van der Waals surface area contributed by atoms with Crippen molar-refractivity contribution >= 4 is 22.8 Å². The van der Waals surface area contributed by atoms with Gasteiger partial charge in [0, 0.05) is 30.7 Å². The van der Waals surface area contributed by atoms with Crippen molar-refractivity contribution in [2.45, 2.75) is 18.9 Å². The van der Waals surface area contributed by atoms with Gasteiger partial charge in [0.05, 0.1) is 5.52 Å². The minimum absolute atomic E-state index is 0.221. The van der Waals surface area contributed by atoms with Crippen LogP contribution in [0.25, 0.3) is 22.0 Å². The van der Waals surface area contributed by atoms with E-state index in [0.29, 0.717) is 18.5 Å². The van der Waals surface area contributed by atoms with Gasteiger partial charge in [0.1, 0.15) is 6.04 Å². The molecule has 2 heterocycles. The maximum Gasteiger partial charge on any atom is 0.326 e. The minimum Gasteiger partial charge on any atom is -0.480 e. The first kappa shape index (κ1) is 16.3. The average molecular weight is 349 g/mol. The number of rotatable bonds is 3. The predicted molar refractivity (Wildman–Crippen MR) is 97.8 cm³/mol. The van der Waals surface area contributed by atoms with Crippen LogP contribution in [0.2, 0.25) is 0 Å². The highest BCUT2D eigenvalue weighted by molar-refractivity contribution is 5.97. The van der Waals surface area contributed by atoms with Crippen LogP contribution in [0.4, 0.5) is 0 Å². The summed E-state index contributed by atoms with van der Waals surface area (Å²) >= 11 is 0. The molecule has 0 radical (unpaired) electrons. The molecule has 132 valence electrons. The highest BCUT2D eigenvalue weighted by atomic mass is 16.4. The maximum absolute atomic E-state index is 12.6. The Hall–Kier alpha value is -3.15. The number of carboxylic acids is 1. The zero-order valence-corrected chi connectivity index (χ0v) is 14.4. The lowest BCUT2D eigenvalue weighted by atomic mass is 10.0. The van der Waals surface area contributed by atoms with Gasteiger partial charge in [-0.25, -0.2) is 4.79 Å². The summed E-state index contributed by atoms with van der Waals surface area (Å²) in [5, 5.41) is 14.8. The summed E-state index contributed by atoms with van der Waals surface area (Å²) < 4.78 is 1.78. The van der Waals surface area contributed by atoms with E-state index in [4.69, 9.17) is 0 Å². The van der Waals surface area contributed by atoms with Gasteiger partial charge in [-0.2, -0.15) is 5.10 Å². The number of likely N-dealkylation sites (tertiary alicyclic amines) is 1. The van der Waals surface area contributed by atoms with E-state index in [1.807, 2.05) is 43.6 Å².